The third-order valence-corrected chi connectivity index (χ3v) is 0. The Labute approximate surface area is 104 Å². The fourth-order valence-electron chi connectivity index (χ4n) is 0. The van der Waals surface area contributed by atoms with E-state index in [9.17, 15) is 0 Å². The quantitative estimate of drug-likeness (QED) is 0.513. The molecule has 6 heteroatoms. The van der Waals surface area contributed by atoms with Gasteiger partial charge in [0.2, 0.25) is 0 Å². The van der Waals surface area contributed by atoms with E-state index < -0.39 is 0 Å². The van der Waals surface area contributed by atoms with Crippen molar-refractivity contribution in [3.05, 3.63) is 0 Å². The zero-order valence-electron chi connectivity index (χ0n) is 2.51. The molecule has 0 saturated carbocycles. The molecule has 0 rings (SSSR count). The first-order valence-corrected chi connectivity index (χ1v) is 0. The summed E-state index contributed by atoms with van der Waals surface area (Å²) >= 11 is 0. The van der Waals surface area contributed by atoms with Crippen LogP contribution in [0.2, 0.25) is 0 Å². The molecule has 0 spiro atoms. The van der Waals surface area contributed by atoms with Gasteiger partial charge in [0.25, 0.3) is 0 Å². The average Bonchev–Trinajstić information content (AvgIpc) is 0. The summed E-state index contributed by atoms with van der Waals surface area (Å²) in [5, 5.41) is 0. The molecule has 0 aliphatic rings. The first kappa shape index (κ1) is 59.9. The topological polar surface area (TPSA) is 0 Å². The van der Waals surface area contributed by atoms with Crippen molar-refractivity contribution in [1.29, 1.82) is 0 Å². The second-order valence-corrected chi connectivity index (χ2v) is 0. The van der Waals surface area contributed by atoms with E-state index in [-0.39, 0.29) is 105 Å². The monoisotopic (exact) mass is 326 g/mol. The molecule has 0 aromatic heterocycles. The van der Waals surface area contributed by atoms with Crippen LogP contribution in [0, 0.1) is 0 Å². The molecule has 0 heterocycles. The van der Waals surface area contributed by atoms with E-state index in [4.69, 9.17) is 0 Å². The van der Waals surface area contributed by atoms with Gasteiger partial charge in [0, 0.05) is 105 Å². The summed E-state index contributed by atoms with van der Waals surface area (Å²) in [5.74, 6) is 0. The van der Waals surface area contributed by atoms with Crippen molar-refractivity contribution < 1.29 is 70.5 Å². The maximum Gasteiger partial charge on any atom is 0 e. The van der Waals surface area contributed by atoms with Gasteiger partial charge in [-0.25, -0.2) is 0 Å². The molecule has 0 atom stereocenters. The van der Waals surface area contributed by atoms with Crippen molar-refractivity contribution >= 4 is 34.7 Å². The van der Waals surface area contributed by atoms with Crippen molar-refractivity contribution in [3.63, 3.8) is 0 Å². The summed E-state index contributed by atoms with van der Waals surface area (Å²) < 4.78 is 0. The molecule has 0 amide bonds. The van der Waals surface area contributed by atoms with Gasteiger partial charge in [-0.05, 0) is 0 Å². The zero-order chi connectivity index (χ0) is 0. The van der Waals surface area contributed by atoms with Crippen LogP contribution in [0.5, 0.6) is 0 Å². The van der Waals surface area contributed by atoms with Gasteiger partial charge in [-0.3, -0.25) is 0 Å². The van der Waals surface area contributed by atoms with Gasteiger partial charge in [0.05, 0.1) is 0 Å². The van der Waals surface area contributed by atoms with Crippen LogP contribution in [0.25, 0.3) is 0 Å². The minimum Gasteiger partial charge on any atom is 0 e. The molecule has 0 unspecified atom stereocenters. The average molecular weight is 326 g/mol. The van der Waals surface area contributed by atoms with E-state index in [2.05, 4.69) is 0 Å². The minimum absolute atomic E-state index is 0. The smallest absolute Gasteiger partial charge is 0 e. The maximum atomic E-state index is 0. The first-order valence-electron chi connectivity index (χ1n) is 0. The third kappa shape index (κ3) is 26.9. The molecule has 0 fully saturated rings. The molecule has 0 aromatic rings. The number of rotatable bonds is 0. The Kier molecular flexibility index (Phi) is 411. The second kappa shape index (κ2) is 41.2. The van der Waals surface area contributed by atoms with Crippen LogP contribution in [-0.2, 0) is 70.5 Å². The van der Waals surface area contributed by atoms with E-state index in [1.807, 2.05) is 0 Å². The van der Waals surface area contributed by atoms with E-state index in [0.29, 0.717) is 0 Å². The molecule has 0 aromatic carbocycles. The molecule has 0 aliphatic carbocycles. The standard InChI is InChI=1S/2Al.Mo.3Ni. The van der Waals surface area contributed by atoms with Crippen molar-refractivity contribution in [2.75, 3.05) is 0 Å². The maximum absolute atomic E-state index is 0. The second-order valence-electron chi connectivity index (χ2n) is 0. The van der Waals surface area contributed by atoms with Gasteiger partial charge < -0.3 is 0 Å². The summed E-state index contributed by atoms with van der Waals surface area (Å²) in [6.45, 7) is 0. The Morgan fingerprint density at radius 1 is 0.500 bits per heavy atom. The molecule has 0 bridgehead atoms. The molecule has 6 heavy (non-hydrogen) atoms. The predicted octanol–water partition coefficient (Wildman–Crippen LogP) is -0.772. The SMILES string of the molecule is [Al].[Al].[Mo].[Ni].[Ni].[Ni]. The van der Waals surface area contributed by atoms with Crippen LogP contribution in [0.15, 0.2) is 0 Å². The van der Waals surface area contributed by atoms with Crippen molar-refractivity contribution in [1.82, 2.24) is 0 Å². The molecule has 42 valence electrons. The van der Waals surface area contributed by atoms with Crippen LogP contribution >= 0.6 is 0 Å². The van der Waals surface area contributed by atoms with E-state index in [1.165, 1.54) is 0 Å². The molecular formula is Al2MoNi3. The fourth-order valence-corrected chi connectivity index (χ4v) is 0. The summed E-state index contributed by atoms with van der Waals surface area (Å²) in [6.07, 6.45) is 0. The first-order chi connectivity index (χ1) is 0. The summed E-state index contributed by atoms with van der Waals surface area (Å²) in [6, 6.07) is 0. The fraction of sp³-hybridized carbons (Fsp3) is 0. The molecule has 0 N–H and O–H groups in total. The third-order valence-electron chi connectivity index (χ3n) is 0. The van der Waals surface area contributed by atoms with E-state index >= 15 is 0 Å². The van der Waals surface area contributed by atoms with Crippen molar-refractivity contribution in [2.45, 2.75) is 0 Å². The van der Waals surface area contributed by atoms with Gasteiger partial charge in [0.1, 0.15) is 0 Å². The summed E-state index contributed by atoms with van der Waals surface area (Å²) in [5.41, 5.74) is 0. The molecule has 0 saturated heterocycles. The number of hydrogen-bond acceptors (Lipinski definition) is 0. The Balaban J connectivity index is 0. The molecule has 0 aliphatic heterocycles. The Morgan fingerprint density at radius 3 is 0.500 bits per heavy atom. The van der Waals surface area contributed by atoms with Gasteiger partial charge in [-0.2, -0.15) is 0 Å². The molecule has 0 nitrogen and oxygen atoms in total. The summed E-state index contributed by atoms with van der Waals surface area (Å²) in [4.78, 5) is 0. The summed E-state index contributed by atoms with van der Waals surface area (Å²) in [7, 11) is 0. The van der Waals surface area contributed by atoms with Crippen LogP contribution < -0.4 is 0 Å². The Hall–Kier alpha value is 3.23. The van der Waals surface area contributed by atoms with Crippen LogP contribution in [0.4, 0.5) is 0 Å². The molecular weight excluding hydrogens is 326 g/mol. The van der Waals surface area contributed by atoms with Gasteiger partial charge in [0.15, 0.2) is 0 Å². The van der Waals surface area contributed by atoms with E-state index in [0.717, 1.165) is 0 Å². The van der Waals surface area contributed by atoms with Crippen LogP contribution in [0.1, 0.15) is 0 Å². The normalized spacial score (nSPS) is 0. The van der Waals surface area contributed by atoms with Gasteiger partial charge >= 0.3 is 0 Å². The van der Waals surface area contributed by atoms with Crippen molar-refractivity contribution in [2.24, 2.45) is 0 Å². The predicted molar refractivity (Wildman–Crippen MR) is 11.5 cm³/mol. The molecule has 6 radical (unpaired) electrons. The number of hydrogen-bond donors (Lipinski definition) is 0. The van der Waals surface area contributed by atoms with Crippen molar-refractivity contribution in [3.8, 4) is 0 Å². The largest absolute Gasteiger partial charge is 0 e. The van der Waals surface area contributed by atoms with Crippen LogP contribution in [-0.4, -0.2) is 34.7 Å². The van der Waals surface area contributed by atoms with Gasteiger partial charge in [-0.1, -0.05) is 0 Å². The van der Waals surface area contributed by atoms with Gasteiger partial charge in [-0.15, -0.1) is 0 Å². The minimum atomic E-state index is 0. The van der Waals surface area contributed by atoms with E-state index in [1.54, 1.807) is 0 Å². The Morgan fingerprint density at radius 2 is 0.500 bits per heavy atom. The Bertz CT molecular complexity index is 8.75. The van der Waals surface area contributed by atoms with Crippen LogP contribution in [0.3, 0.4) is 0 Å². The zero-order valence-corrected chi connectivity index (χ0v) is 9.79.